The van der Waals surface area contributed by atoms with E-state index < -0.39 is 140 Å². The second kappa shape index (κ2) is 16.1. The summed E-state index contributed by atoms with van der Waals surface area (Å²) in [5, 5.41) is 130. The molecule has 16 heteroatoms. The van der Waals surface area contributed by atoms with E-state index in [1.54, 1.807) is 0 Å². The Bertz CT molecular complexity index is 1170. The van der Waals surface area contributed by atoms with Crippen LogP contribution in [0.2, 0.25) is 0 Å². The number of aliphatic hydroxyl groups excluding tert-OH is 12. The molecule has 0 bridgehead atoms. The molecule has 16 nitrogen and oxygen atoms in total. The van der Waals surface area contributed by atoms with Crippen molar-refractivity contribution in [1.82, 2.24) is 0 Å². The third-order valence-corrected chi connectivity index (χ3v) is 13.9. The molecule has 0 aromatic carbocycles. The average Bonchev–Trinajstić information content (AvgIpc) is 3.10. The van der Waals surface area contributed by atoms with Gasteiger partial charge in [-0.2, -0.15) is 0 Å². The molecular formula is C36H60O16. The zero-order chi connectivity index (χ0) is 37.2. The van der Waals surface area contributed by atoms with Gasteiger partial charge in [-0.15, -0.1) is 0 Å². The van der Waals surface area contributed by atoms with Gasteiger partial charge >= 0.3 is 0 Å². The van der Waals surface area contributed by atoms with Crippen LogP contribution >= 0.6 is 0 Å². The Kier molecular flexibility index (Phi) is 12.2. The van der Waals surface area contributed by atoms with Crippen molar-refractivity contribution in [2.45, 2.75) is 181 Å². The summed E-state index contributed by atoms with van der Waals surface area (Å²) in [6.07, 6.45) is -15.8. The fourth-order valence-electron chi connectivity index (χ4n) is 11.2. The Balaban J connectivity index is 1.21. The third kappa shape index (κ3) is 7.46. The number of hydrogen-bond acceptors (Lipinski definition) is 16. The highest BCUT2D eigenvalue weighted by Crippen LogP contribution is 2.54. The van der Waals surface area contributed by atoms with Gasteiger partial charge in [-0.3, -0.25) is 0 Å². The van der Waals surface area contributed by atoms with E-state index in [0.717, 1.165) is 0 Å². The van der Waals surface area contributed by atoms with Crippen LogP contribution in [-0.4, -0.2) is 178 Å². The molecule has 3 heterocycles. The molecule has 3 saturated heterocycles. The second-order valence-electron chi connectivity index (χ2n) is 17.0. The van der Waals surface area contributed by atoms with Gasteiger partial charge in [-0.05, 0) is 82.5 Å². The number of fused-ring (bicyclic) bond motifs is 2. The molecule has 22 atom stereocenters. The molecule has 7 aliphatic rings. The van der Waals surface area contributed by atoms with E-state index in [0.29, 0.717) is 38.5 Å². The molecule has 12 N–H and O–H groups in total. The van der Waals surface area contributed by atoms with Gasteiger partial charge in [-0.25, -0.2) is 0 Å². The SMILES string of the molecule is OCC1OC(OC2CC3C(O)CC(O)C(C4C(O)C(C5CCC(O)C(O)C5)OC5CC(O)CC(O)C54)C3OC2C2CCC(O)CC2)C(O)C(O)C1O. The van der Waals surface area contributed by atoms with Crippen LogP contribution in [0, 0.1) is 35.5 Å². The molecule has 3 aliphatic heterocycles. The van der Waals surface area contributed by atoms with Gasteiger partial charge < -0.3 is 80.2 Å². The Morgan fingerprint density at radius 1 is 0.462 bits per heavy atom. The van der Waals surface area contributed by atoms with Crippen molar-refractivity contribution in [3.8, 4) is 0 Å². The van der Waals surface area contributed by atoms with Crippen LogP contribution in [0.3, 0.4) is 0 Å². The Labute approximate surface area is 302 Å². The van der Waals surface area contributed by atoms with Crippen LogP contribution in [0.25, 0.3) is 0 Å². The monoisotopic (exact) mass is 748 g/mol. The van der Waals surface area contributed by atoms with Gasteiger partial charge in [0.1, 0.15) is 24.4 Å². The smallest absolute Gasteiger partial charge is 0.187 e. The molecule has 0 radical (unpaired) electrons. The van der Waals surface area contributed by atoms with E-state index in [-0.39, 0.29) is 43.9 Å². The summed E-state index contributed by atoms with van der Waals surface area (Å²) >= 11 is 0. The Morgan fingerprint density at radius 3 is 1.85 bits per heavy atom. The minimum absolute atomic E-state index is 0.0508. The minimum atomic E-state index is -1.67. The minimum Gasteiger partial charge on any atom is -0.394 e. The molecule has 300 valence electrons. The number of aliphatic hydroxyl groups is 12. The summed E-state index contributed by atoms with van der Waals surface area (Å²) in [6.45, 7) is -0.640. The average molecular weight is 749 g/mol. The molecular weight excluding hydrogens is 688 g/mol. The first-order valence-electron chi connectivity index (χ1n) is 19.5. The maximum Gasteiger partial charge on any atom is 0.187 e. The van der Waals surface area contributed by atoms with Crippen molar-refractivity contribution in [2.24, 2.45) is 35.5 Å². The zero-order valence-electron chi connectivity index (χ0n) is 29.3. The normalized spacial score (nSPS) is 57.5. The maximum absolute atomic E-state index is 12.3. The number of rotatable bonds is 6. The van der Waals surface area contributed by atoms with Gasteiger partial charge in [0.05, 0.1) is 86.0 Å². The quantitative estimate of drug-likeness (QED) is 0.126. The van der Waals surface area contributed by atoms with Gasteiger partial charge in [0.25, 0.3) is 0 Å². The third-order valence-electron chi connectivity index (χ3n) is 13.9. The fraction of sp³-hybridized carbons (Fsp3) is 1.00. The van der Waals surface area contributed by atoms with Crippen molar-refractivity contribution in [1.29, 1.82) is 0 Å². The van der Waals surface area contributed by atoms with Crippen LogP contribution in [0.5, 0.6) is 0 Å². The largest absolute Gasteiger partial charge is 0.394 e. The molecule has 7 fully saturated rings. The summed E-state index contributed by atoms with van der Waals surface area (Å²) in [7, 11) is 0. The fourth-order valence-corrected chi connectivity index (χ4v) is 11.2. The molecule has 52 heavy (non-hydrogen) atoms. The lowest BCUT2D eigenvalue weighted by molar-refractivity contribution is -0.340. The van der Waals surface area contributed by atoms with Crippen LogP contribution in [0.15, 0.2) is 0 Å². The molecule has 0 spiro atoms. The highest BCUT2D eigenvalue weighted by molar-refractivity contribution is 5.10. The molecule has 7 rings (SSSR count). The van der Waals surface area contributed by atoms with Crippen LogP contribution in [-0.2, 0) is 18.9 Å². The first-order valence-corrected chi connectivity index (χ1v) is 19.5. The van der Waals surface area contributed by atoms with Crippen molar-refractivity contribution < 1.29 is 80.2 Å². The van der Waals surface area contributed by atoms with Crippen LogP contribution in [0.1, 0.15) is 70.6 Å². The molecule has 22 unspecified atom stereocenters. The van der Waals surface area contributed by atoms with Crippen molar-refractivity contribution in [3.63, 3.8) is 0 Å². The van der Waals surface area contributed by atoms with E-state index in [1.807, 2.05) is 0 Å². The highest BCUT2D eigenvalue weighted by Gasteiger charge is 2.62. The number of hydrogen-bond donors (Lipinski definition) is 12. The summed E-state index contributed by atoms with van der Waals surface area (Å²) in [5.74, 6) is -3.47. The lowest BCUT2D eigenvalue weighted by Crippen LogP contribution is -2.68. The van der Waals surface area contributed by atoms with Crippen molar-refractivity contribution in [2.75, 3.05) is 6.61 Å². The zero-order valence-corrected chi connectivity index (χ0v) is 29.3. The van der Waals surface area contributed by atoms with E-state index in [9.17, 15) is 61.3 Å². The van der Waals surface area contributed by atoms with Gasteiger partial charge in [0.15, 0.2) is 6.29 Å². The van der Waals surface area contributed by atoms with Crippen molar-refractivity contribution >= 4 is 0 Å². The molecule has 0 amide bonds. The maximum atomic E-state index is 12.3. The Hall–Kier alpha value is -0.640. The van der Waals surface area contributed by atoms with Crippen molar-refractivity contribution in [3.05, 3.63) is 0 Å². The van der Waals surface area contributed by atoms with E-state index in [1.165, 1.54) is 0 Å². The Morgan fingerprint density at radius 2 is 1.15 bits per heavy atom. The topological polar surface area (TPSA) is 280 Å². The number of ether oxygens (including phenoxy) is 4. The lowest BCUT2D eigenvalue weighted by atomic mass is 9.57. The van der Waals surface area contributed by atoms with E-state index >= 15 is 0 Å². The highest BCUT2D eigenvalue weighted by atomic mass is 16.7. The molecule has 4 aliphatic carbocycles. The van der Waals surface area contributed by atoms with Gasteiger partial charge in [-0.1, -0.05) is 0 Å². The van der Waals surface area contributed by atoms with Crippen LogP contribution in [0.4, 0.5) is 0 Å². The van der Waals surface area contributed by atoms with Gasteiger partial charge in [0, 0.05) is 23.7 Å². The molecule has 0 aromatic rings. The van der Waals surface area contributed by atoms with Crippen LogP contribution < -0.4 is 0 Å². The molecule has 0 aromatic heterocycles. The molecule has 4 saturated carbocycles. The van der Waals surface area contributed by atoms with E-state index in [2.05, 4.69) is 0 Å². The standard InChI is InChI=1S/C36H60O16/c37-12-25-29(45)31(47)32(48)36(51-25)50-24-10-17-19(41)11-22(44)27(35(17)52-33(24)13-1-4-15(38)5-2-13)28-26-21(43)8-16(39)9-23(26)49-34(30(28)46)14-3-6-18(40)20(42)7-14/h13-48H,1-12H2. The first-order chi connectivity index (χ1) is 24.8. The summed E-state index contributed by atoms with van der Waals surface area (Å²) in [6, 6.07) is 0. The predicted molar refractivity (Wildman–Crippen MR) is 176 cm³/mol. The summed E-state index contributed by atoms with van der Waals surface area (Å²) in [4.78, 5) is 0. The first kappa shape index (κ1) is 39.6. The van der Waals surface area contributed by atoms with Gasteiger partial charge in [0.2, 0.25) is 0 Å². The summed E-state index contributed by atoms with van der Waals surface area (Å²) in [5.41, 5.74) is 0. The van der Waals surface area contributed by atoms with E-state index in [4.69, 9.17) is 18.9 Å². The second-order valence-corrected chi connectivity index (χ2v) is 17.0. The lowest BCUT2D eigenvalue weighted by Gasteiger charge is -2.59. The predicted octanol–water partition coefficient (Wildman–Crippen LogP) is -3.36. The summed E-state index contributed by atoms with van der Waals surface area (Å²) < 4.78 is 25.5.